The molecule has 1 aliphatic rings. The molecule has 4 heterocycles. The highest BCUT2D eigenvalue weighted by atomic mass is 32.2. The second-order valence-corrected chi connectivity index (χ2v) is 9.02. The maximum Gasteiger partial charge on any atom is 0.248 e. The molecule has 0 N–H and O–H groups in total. The number of hydrogen-bond donors (Lipinski definition) is 0. The first kappa shape index (κ1) is 18.1. The third kappa shape index (κ3) is 3.14. The lowest BCUT2D eigenvalue weighted by molar-refractivity contribution is 0.245. The fraction of sp³-hybridized carbons (Fsp3) is 0.500. The second-order valence-electron chi connectivity index (χ2n) is 7.14. The van der Waals surface area contributed by atoms with E-state index < -0.39 is 10.0 Å². The van der Waals surface area contributed by atoms with E-state index in [9.17, 15) is 8.42 Å². The molecule has 4 rings (SSSR count). The number of pyridine rings is 1. The maximum absolute atomic E-state index is 13.1. The van der Waals surface area contributed by atoms with Crippen molar-refractivity contribution in [3.05, 3.63) is 35.6 Å². The van der Waals surface area contributed by atoms with Crippen LogP contribution in [0, 0.1) is 26.7 Å². The van der Waals surface area contributed by atoms with E-state index in [4.69, 9.17) is 4.52 Å². The summed E-state index contributed by atoms with van der Waals surface area (Å²) in [5, 5.41) is 3.80. The average molecular weight is 389 g/mol. The van der Waals surface area contributed by atoms with Crippen LogP contribution in [-0.4, -0.2) is 45.5 Å². The maximum atomic E-state index is 13.1. The highest BCUT2D eigenvalue weighted by Gasteiger charge is 2.34. The van der Waals surface area contributed by atoms with Crippen LogP contribution in [0.4, 0.5) is 0 Å². The number of aryl methyl sites for hydroxylation is 3. The van der Waals surface area contributed by atoms with Crippen molar-refractivity contribution in [3.63, 3.8) is 0 Å². The largest absolute Gasteiger partial charge is 0.360 e. The molecule has 1 unspecified atom stereocenters. The summed E-state index contributed by atoms with van der Waals surface area (Å²) in [5.41, 5.74) is 2.13. The Morgan fingerprint density at radius 1 is 1.30 bits per heavy atom. The van der Waals surface area contributed by atoms with Crippen molar-refractivity contribution in [1.82, 2.24) is 24.0 Å². The van der Waals surface area contributed by atoms with Crippen LogP contribution in [0.1, 0.15) is 30.1 Å². The van der Waals surface area contributed by atoms with E-state index in [0.29, 0.717) is 31.1 Å². The summed E-state index contributed by atoms with van der Waals surface area (Å²) in [4.78, 5) is 9.21. The minimum Gasteiger partial charge on any atom is -0.360 e. The van der Waals surface area contributed by atoms with Gasteiger partial charge in [-0.05, 0) is 51.7 Å². The lowest BCUT2D eigenvalue weighted by Gasteiger charge is -2.32. The van der Waals surface area contributed by atoms with Crippen LogP contribution in [0.2, 0.25) is 0 Å². The molecule has 0 bridgehead atoms. The Hall–Kier alpha value is -2.26. The minimum atomic E-state index is -3.61. The summed E-state index contributed by atoms with van der Waals surface area (Å²) in [7, 11) is -3.61. The summed E-state index contributed by atoms with van der Waals surface area (Å²) < 4.78 is 34.9. The normalized spacial score (nSPS) is 19.0. The van der Waals surface area contributed by atoms with Crippen LogP contribution in [-0.2, 0) is 16.6 Å². The number of imidazole rings is 1. The molecule has 0 radical (unpaired) electrons. The van der Waals surface area contributed by atoms with Gasteiger partial charge in [0.1, 0.15) is 21.9 Å². The molecule has 0 aromatic carbocycles. The van der Waals surface area contributed by atoms with Crippen LogP contribution in [0.3, 0.4) is 0 Å². The van der Waals surface area contributed by atoms with Crippen molar-refractivity contribution < 1.29 is 12.9 Å². The SMILES string of the molecule is Cc1noc(C)c1S(=O)(=O)N1CCCC(Cn2c(C)nc3cccnc32)C1. The van der Waals surface area contributed by atoms with Crippen LogP contribution in [0.25, 0.3) is 11.2 Å². The zero-order chi connectivity index (χ0) is 19.2. The van der Waals surface area contributed by atoms with Gasteiger partial charge in [0.2, 0.25) is 10.0 Å². The van der Waals surface area contributed by atoms with Gasteiger partial charge in [-0.3, -0.25) is 0 Å². The molecule has 0 amide bonds. The molecule has 0 saturated carbocycles. The first-order valence-corrected chi connectivity index (χ1v) is 10.5. The van der Waals surface area contributed by atoms with Gasteiger partial charge in [-0.15, -0.1) is 0 Å². The Morgan fingerprint density at radius 2 is 2.11 bits per heavy atom. The quantitative estimate of drug-likeness (QED) is 0.680. The molecule has 144 valence electrons. The van der Waals surface area contributed by atoms with E-state index in [1.807, 2.05) is 19.1 Å². The molecule has 0 spiro atoms. The molecule has 1 aliphatic heterocycles. The predicted octanol–water partition coefficient (Wildman–Crippen LogP) is 2.45. The van der Waals surface area contributed by atoms with Crippen LogP contribution in [0.5, 0.6) is 0 Å². The fourth-order valence-corrected chi connectivity index (χ4v) is 5.76. The number of piperidine rings is 1. The van der Waals surface area contributed by atoms with Gasteiger partial charge in [0.05, 0.1) is 0 Å². The molecule has 0 aliphatic carbocycles. The molecule has 1 atom stereocenters. The Morgan fingerprint density at radius 3 is 2.85 bits per heavy atom. The lowest BCUT2D eigenvalue weighted by atomic mass is 9.99. The third-order valence-electron chi connectivity index (χ3n) is 5.18. The summed E-state index contributed by atoms with van der Waals surface area (Å²) in [5.74, 6) is 1.44. The standard InChI is InChI=1S/C18H23N5O3S/c1-12-17(13(2)26-21-12)27(24,25)22-9-5-6-15(10-22)11-23-14(3)20-16-7-4-8-19-18(16)23/h4,7-8,15H,5-6,9-11H2,1-3H3. The zero-order valence-electron chi connectivity index (χ0n) is 15.7. The molecule has 1 saturated heterocycles. The Balaban J connectivity index is 1.59. The Kier molecular flexibility index (Phi) is 4.51. The molecule has 3 aromatic heterocycles. The monoisotopic (exact) mass is 389 g/mol. The smallest absolute Gasteiger partial charge is 0.248 e. The molecular weight excluding hydrogens is 366 g/mol. The number of hydrogen-bond acceptors (Lipinski definition) is 6. The average Bonchev–Trinajstić information content (AvgIpc) is 3.15. The molecule has 27 heavy (non-hydrogen) atoms. The molecular formula is C18H23N5O3S. The van der Waals surface area contributed by atoms with E-state index in [1.165, 1.54) is 0 Å². The van der Waals surface area contributed by atoms with E-state index in [1.54, 1.807) is 24.3 Å². The fourth-order valence-electron chi connectivity index (χ4n) is 3.91. The van der Waals surface area contributed by atoms with E-state index >= 15 is 0 Å². The highest BCUT2D eigenvalue weighted by Crippen LogP contribution is 2.29. The van der Waals surface area contributed by atoms with Gasteiger partial charge < -0.3 is 9.09 Å². The number of sulfonamides is 1. The molecule has 1 fully saturated rings. The van der Waals surface area contributed by atoms with Gasteiger partial charge in [0, 0.05) is 25.8 Å². The number of aromatic nitrogens is 4. The van der Waals surface area contributed by atoms with Crippen LogP contribution in [0.15, 0.2) is 27.7 Å². The number of fused-ring (bicyclic) bond motifs is 1. The van der Waals surface area contributed by atoms with Gasteiger partial charge in [0.15, 0.2) is 11.4 Å². The van der Waals surface area contributed by atoms with Gasteiger partial charge in [-0.25, -0.2) is 18.4 Å². The summed E-state index contributed by atoms with van der Waals surface area (Å²) in [6.07, 6.45) is 3.56. The van der Waals surface area contributed by atoms with E-state index in [-0.39, 0.29) is 10.8 Å². The van der Waals surface area contributed by atoms with Gasteiger partial charge in [-0.2, -0.15) is 4.31 Å². The van der Waals surface area contributed by atoms with Crippen molar-refractivity contribution >= 4 is 21.2 Å². The van der Waals surface area contributed by atoms with Crippen molar-refractivity contribution in [2.75, 3.05) is 13.1 Å². The predicted molar refractivity (Wildman–Crippen MR) is 99.7 cm³/mol. The molecule has 9 heteroatoms. The second kappa shape index (κ2) is 6.72. The van der Waals surface area contributed by atoms with E-state index in [0.717, 1.165) is 29.8 Å². The van der Waals surface area contributed by atoms with E-state index in [2.05, 4.69) is 19.7 Å². The molecule has 8 nitrogen and oxygen atoms in total. The van der Waals surface area contributed by atoms with Crippen molar-refractivity contribution in [2.24, 2.45) is 5.92 Å². The van der Waals surface area contributed by atoms with Gasteiger partial charge in [0.25, 0.3) is 0 Å². The lowest BCUT2D eigenvalue weighted by Crippen LogP contribution is -2.41. The summed E-state index contributed by atoms with van der Waals surface area (Å²) in [6.45, 7) is 6.96. The zero-order valence-corrected chi connectivity index (χ0v) is 16.5. The Bertz CT molecular complexity index is 1070. The third-order valence-corrected chi connectivity index (χ3v) is 7.29. The van der Waals surface area contributed by atoms with Crippen LogP contribution >= 0.6 is 0 Å². The van der Waals surface area contributed by atoms with Gasteiger partial charge in [-0.1, -0.05) is 5.16 Å². The highest BCUT2D eigenvalue weighted by molar-refractivity contribution is 7.89. The van der Waals surface area contributed by atoms with Gasteiger partial charge >= 0.3 is 0 Å². The first-order valence-electron chi connectivity index (χ1n) is 9.09. The van der Waals surface area contributed by atoms with Crippen molar-refractivity contribution in [1.29, 1.82) is 0 Å². The number of nitrogens with zero attached hydrogens (tertiary/aromatic N) is 5. The minimum absolute atomic E-state index is 0.201. The molecule has 3 aromatic rings. The number of rotatable bonds is 4. The summed E-state index contributed by atoms with van der Waals surface area (Å²) >= 11 is 0. The Labute approximate surface area is 158 Å². The summed E-state index contributed by atoms with van der Waals surface area (Å²) in [6, 6.07) is 3.82. The first-order chi connectivity index (χ1) is 12.9. The van der Waals surface area contributed by atoms with Crippen LogP contribution < -0.4 is 0 Å². The topological polar surface area (TPSA) is 94.1 Å². The van der Waals surface area contributed by atoms with Crippen molar-refractivity contribution in [3.8, 4) is 0 Å². The van der Waals surface area contributed by atoms with Crippen molar-refractivity contribution in [2.45, 2.75) is 45.1 Å².